The molecule has 0 saturated heterocycles. The van der Waals surface area contributed by atoms with Gasteiger partial charge < -0.3 is 11.1 Å². The zero-order valence-electron chi connectivity index (χ0n) is 12.4. The lowest BCUT2D eigenvalue weighted by Crippen LogP contribution is -2.23. The minimum atomic E-state index is 0.352. The van der Waals surface area contributed by atoms with Crippen molar-refractivity contribution in [2.45, 2.75) is 39.7 Å². The van der Waals surface area contributed by atoms with Crippen molar-refractivity contribution in [2.75, 3.05) is 11.9 Å². The third kappa shape index (κ3) is 4.86. The molecule has 2 aromatic heterocycles. The molecule has 0 atom stereocenters. The van der Waals surface area contributed by atoms with E-state index in [9.17, 15) is 0 Å². The Morgan fingerprint density at radius 1 is 1.48 bits per heavy atom. The number of hydrogen-bond acceptors (Lipinski definition) is 5. The van der Waals surface area contributed by atoms with Gasteiger partial charge in [-0.2, -0.15) is 15.0 Å². The van der Waals surface area contributed by atoms with Crippen LogP contribution in [0.1, 0.15) is 31.4 Å². The van der Waals surface area contributed by atoms with Crippen molar-refractivity contribution in [3.8, 4) is 0 Å². The van der Waals surface area contributed by atoms with Crippen molar-refractivity contribution >= 4 is 11.8 Å². The van der Waals surface area contributed by atoms with E-state index in [1.165, 1.54) is 0 Å². The van der Waals surface area contributed by atoms with Crippen molar-refractivity contribution in [1.82, 2.24) is 30.2 Å². The molecule has 0 aliphatic rings. The number of nitrogens with two attached hydrogens (primary N) is 1. The van der Waals surface area contributed by atoms with Crippen LogP contribution >= 0.6 is 0 Å². The third-order valence-electron chi connectivity index (χ3n) is 2.79. The van der Waals surface area contributed by atoms with Crippen molar-refractivity contribution in [1.29, 1.82) is 0 Å². The Balaban J connectivity index is 1.71. The molecule has 9 heteroatoms. The molecule has 9 nitrogen and oxygen atoms in total. The van der Waals surface area contributed by atoms with Crippen LogP contribution in [0.15, 0.2) is 11.2 Å². The number of anilines is 1. The number of unbranched alkanes of at least 4 members (excludes halogenated alkanes) is 1. The fourth-order valence-corrected chi connectivity index (χ4v) is 1.85. The highest BCUT2D eigenvalue weighted by Gasteiger charge is 2.03. The van der Waals surface area contributed by atoms with Crippen molar-refractivity contribution in [3.63, 3.8) is 0 Å². The van der Waals surface area contributed by atoms with Gasteiger partial charge in [0, 0.05) is 13.0 Å². The number of aliphatic imine (C=N–C) groups is 1. The van der Waals surface area contributed by atoms with Gasteiger partial charge in [0.15, 0.2) is 11.8 Å². The monoisotopic (exact) mass is 291 g/mol. The average Bonchev–Trinajstić information content (AvgIpc) is 3.04. The molecule has 2 heterocycles. The molecule has 0 spiro atoms. The number of nitrogens with zero attached hydrogens (tertiary/aromatic N) is 6. The van der Waals surface area contributed by atoms with Gasteiger partial charge in [-0.05, 0) is 26.7 Å². The zero-order chi connectivity index (χ0) is 15.1. The highest BCUT2D eigenvalue weighted by molar-refractivity contribution is 5.91. The summed E-state index contributed by atoms with van der Waals surface area (Å²) in [7, 11) is 0. The largest absolute Gasteiger partial charge is 0.370 e. The summed E-state index contributed by atoms with van der Waals surface area (Å²) in [5, 5.41) is 18.3. The van der Waals surface area contributed by atoms with Crippen LogP contribution in [0.3, 0.4) is 0 Å². The summed E-state index contributed by atoms with van der Waals surface area (Å²) in [6, 6.07) is 0. The first-order chi connectivity index (χ1) is 10.2. The summed E-state index contributed by atoms with van der Waals surface area (Å²) in [5.41, 5.74) is 5.66. The summed E-state index contributed by atoms with van der Waals surface area (Å²) in [6.45, 7) is 5.17. The van der Waals surface area contributed by atoms with Crippen molar-refractivity contribution < 1.29 is 0 Å². The van der Waals surface area contributed by atoms with Gasteiger partial charge in [-0.1, -0.05) is 0 Å². The second-order valence-electron chi connectivity index (χ2n) is 4.60. The van der Waals surface area contributed by atoms with Gasteiger partial charge in [-0.25, -0.2) is 4.98 Å². The van der Waals surface area contributed by atoms with Crippen LogP contribution in [-0.2, 0) is 13.0 Å². The lowest BCUT2D eigenvalue weighted by atomic mass is 10.2. The second-order valence-corrected chi connectivity index (χ2v) is 4.60. The van der Waals surface area contributed by atoms with Gasteiger partial charge >= 0.3 is 0 Å². The molecular formula is C12H21N9. The molecule has 0 unspecified atom stereocenters. The van der Waals surface area contributed by atoms with E-state index in [2.05, 4.69) is 35.7 Å². The van der Waals surface area contributed by atoms with Crippen LogP contribution in [0.5, 0.6) is 0 Å². The van der Waals surface area contributed by atoms with E-state index in [0.717, 1.165) is 37.5 Å². The Hall–Kier alpha value is -2.45. The van der Waals surface area contributed by atoms with E-state index in [-0.39, 0.29) is 0 Å². The molecule has 0 radical (unpaired) electrons. The standard InChI is InChI=1S/C12H21N9/c1-3-14-12(13)17-11-8-15-21(20-11)7-5-4-6-10-16-9(2)18-19-10/h8H,3-7H2,1-2H3,(H,16,18,19)(H3,13,14,17,20). The topological polar surface area (TPSA) is 123 Å². The van der Waals surface area contributed by atoms with E-state index < -0.39 is 0 Å². The number of guanidine groups is 1. The Morgan fingerprint density at radius 3 is 3.05 bits per heavy atom. The smallest absolute Gasteiger partial charge is 0.194 e. The van der Waals surface area contributed by atoms with Crippen LogP contribution < -0.4 is 11.1 Å². The number of aryl methyl sites for hydroxylation is 3. The van der Waals surface area contributed by atoms with Crippen LogP contribution in [-0.4, -0.2) is 42.7 Å². The average molecular weight is 291 g/mol. The number of hydrogen-bond donors (Lipinski definition) is 3. The first-order valence-electron chi connectivity index (χ1n) is 7.02. The van der Waals surface area contributed by atoms with Gasteiger partial charge in [0.1, 0.15) is 11.6 Å². The van der Waals surface area contributed by atoms with Gasteiger partial charge in [0.2, 0.25) is 0 Å². The Kier molecular flexibility index (Phi) is 5.24. The first kappa shape index (κ1) is 14.9. The van der Waals surface area contributed by atoms with Gasteiger partial charge in [-0.3, -0.25) is 10.1 Å². The van der Waals surface area contributed by atoms with Crippen LogP contribution in [0.4, 0.5) is 5.82 Å². The number of H-pyrrole nitrogens is 1. The molecule has 2 aromatic rings. The van der Waals surface area contributed by atoms with Crippen LogP contribution in [0.2, 0.25) is 0 Å². The minimum Gasteiger partial charge on any atom is -0.370 e. The summed E-state index contributed by atoms with van der Waals surface area (Å²) in [6.07, 6.45) is 4.48. The highest BCUT2D eigenvalue weighted by atomic mass is 15.5. The lowest BCUT2D eigenvalue weighted by Gasteiger charge is -2.00. The second kappa shape index (κ2) is 7.36. The van der Waals surface area contributed by atoms with Crippen molar-refractivity contribution in [2.24, 2.45) is 10.7 Å². The maximum Gasteiger partial charge on any atom is 0.194 e. The molecule has 0 bridgehead atoms. The number of aromatic nitrogens is 6. The molecular weight excluding hydrogens is 270 g/mol. The molecule has 0 fully saturated rings. The maximum absolute atomic E-state index is 5.66. The number of nitrogens with one attached hydrogen (secondary N) is 2. The Morgan fingerprint density at radius 2 is 2.33 bits per heavy atom. The minimum absolute atomic E-state index is 0.352. The predicted molar refractivity (Wildman–Crippen MR) is 79.9 cm³/mol. The molecule has 4 N–H and O–H groups in total. The molecule has 0 amide bonds. The van der Waals surface area contributed by atoms with Crippen molar-refractivity contribution in [3.05, 3.63) is 17.8 Å². The fourth-order valence-electron chi connectivity index (χ4n) is 1.85. The van der Waals surface area contributed by atoms with E-state index >= 15 is 0 Å². The van der Waals surface area contributed by atoms with Gasteiger partial charge in [0.05, 0.1) is 12.7 Å². The van der Waals surface area contributed by atoms with E-state index in [0.29, 0.717) is 18.3 Å². The zero-order valence-corrected chi connectivity index (χ0v) is 12.4. The summed E-state index contributed by atoms with van der Waals surface area (Å²) in [4.78, 5) is 9.94. The molecule has 0 aliphatic heterocycles. The molecule has 2 rings (SSSR count). The summed E-state index contributed by atoms with van der Waals surface area (Å²) < 4.78 is 0. The molecule has 0 aromatic carbocycles. The van der Waals surface area contributed by atoms with Crippen LogP contribution in [0, 0.1) is 6.92 Å². The van der Waals surface area contributed by atoms with E-state index in [1.54, 1.807) is 11.0 Å². The molecule has 0 aliphatic carbocycles. The predicted octanol–water partition coefficient (Wildman–Crippen LogP) is 0.474. The maximum atomic E-state index is 5.66. The van der Waals surface area contributed by atoms with E-state index in [1.807, 2.05) is 13.8 Å². The number of aromatic amines is 1. The molecule has 114 valence electrons. The highest BCUT2D eigenvalue weighted by Crippen LogP contribution is 2.03. The van der Waals surface area contributed by atoms with E-state index in [4.69, 9.17) is 5.73 Å². The SMILES string of the molecule is CC/N=C(/N)Nc1cnn(CCCCc2nc(C)n[nH]2)n1. The lowest BCUT2D eigenvalue weighted by molar-refractivity contribution is 0.498. The van der Waals surface area contributed by atoms with Gasteiger partial charge in [-0.15, -0.1) is 5.10 Å². The number of rotatable bonds is 7. The summed E-state index contributed by atoms with van der Waals surface area (Å²) >= 11 is 0. The van der Waals surface area contributed by atoms with Gasteiger partial charge in [0.25, 0.3) is 0 Å². The molecule has 0 saturated carbocycles. The third-order valence-corrected chi connectivity index (χ3v) is 2.79. The molecule has 21 heavy (non-hydrogen) atoms. The Labute approximate surface area is 123 Å². The first-order valence-corrected chi connectivity index (χ1v) is 7.02. The van der Waals surface area contributed by atoms with Crippen LogP contribution in [0.25, 0.3) is 0 Å². The normalized spacial score (nSPS) is 11.8. The fraction of sp³-hybridized carbons (Fsp3) is 0.583. The summed E-state index contributed by atoms with van der Waals surface area (Å²) in [5.74, 6) is 2.66. The Bertz CT molecular complexity index is 583. The quantitative estimate of drug-likeness (QED) is 0.387.